The van der Waals surface area contributed by atoms with Crippen molar-refractivity contribution in [1.29, 1.82) is 0 Å². The van der Waals surface area contributed by atoms with Crippen molar-refractivity contribution in [3.05, 3.63) is 29.8 Å². The van der Waals surface area contributed by atoms with Crippen LogP contribution in [0.1, 0.15) is 31.1 Å². The Balaban J connectivity index is 3.00. The average molecular weight is 270 g/mol. The van der Waals surface area contributed by atoms with E-state index >= 15 is 0 Å². The quantitative estimate of drug-likeness (QED) is 0.743. The first kappa shape index (κ1) is 14.8. The third-order valence-corrected chi connectivity index (χ3v) is 2.80. The minimum absolute atomic E-state index is 0.0327. The van der Waals surface area contributed by atoms with Gasteiger partial charge in [-0.3, -0.25) is 4.79 Å². The number of ether oxygens (including phenoxy) is 1. The number of carbonyl (C=O) groups is 1. The lowest BCUT2D eigenvalue weighted by Gasteiger charge is -2.26. The molecule has 100 valence electrons. The van der Waals surface area contributed by atoms with Crippen molar-refractivity contribution in [2.24, 2.45) is 0 Å². The minimum Gasteiger partial charge on any atom is -0.493 e. The number of rotatable bonds is 6. The van der Waals surface area contributed by atoms with E-state index in [4.69, 9.17) is 16.3 Å². The molecule has 1 aromatic carbocycles. The van der Waals surface area contributed by atoms with Gasteiger partial charge in [0, 0.05) is 18.5 Å². The maximum atomic E-state index is 12.5. The van der Waals surface area contributed by atoms with Gasteiger partial charge in [0.25, 0.3) is 5.91 Å². The van der Waals surface area contributed by atoms with Gasteiger partial charge in [0.15, 0.2) is 0 Å². The van der Waals surface area contributed by atoms with Crippen LogP contribution in [0.2, 0.25) is 0 Å². The Morgan fingerprint density at radius 3 is 2.61 bits per heavy atom. The lowest BCUT2D eigenvalue weighted by atomic mass is 10.1. The van der Waals surface area contributed by atoms with Crippen LogP contribution < -0.4 is 4.74 Å². The maximum absolute atomic E-state index is 12.5. The molecule has 0 aliphatic heterocycles. The number of nitrogens with zero attached hydrogens (tertiary/aromatic N) is 1. The lowest BCUT2D eigenvalue weighted by molar-refractivity contribution is 0.0714. The first-order valence-corrected chi connectivity index (χ1v) is 6.74. The highest BCUT2D eigenvalue weighted by Crippen LogP contribution is 2.20. The van der Waals surface area contributed by atoms with Crippen LogP contribution in [-0.4, -0.2) is 35.9 Å². The van der Waals surface area contributed by atoms with E-state index in [9.17, 15) is 4.79 Å². The molecule has 18 heavy (non-hydrogen) atoms. The molecule has 3 nitrogen and oxygen atoms in total. The summed E-state index contributed by atoms with van der Waals surface area (Å²) in [6.45, 7) is 6.95. The highest BCUT2D eigenvalue weighted by atomic mass is 35.5. The first-order valence-electron chi connectivity index (χ1n) is 6.20. The van der Waals surface area contributed by atoms with Crippen LogP contribution in [0.25, 0.3) is 0 Å². The van der Waals surface area contributed by atoms with Crippen molar-refractivity contribution in [3.63, 3.8) is 0 Å². The SMILES string of the molecule is CCOc1ccccc1C(=O)N(CCCl)C(C)C. The molecule has 1 rings (SSSR count). The number of hydrogen-bond acceptors (Lipinski definition) is 2. The maximum Gasteiger partial charge on any atom is 0.257 e. The highest BCUT2D eigenvalue weighted by molar-refractivity contribution is 6.18. The molecular weight excluding hydrogens is 250 g/mol. The smallest absolute Gasteiger partial charge is 0.257 e. The molecule has 0 aromatic heterocycles. The van der Waals surface area contributed by atoms with Gasteiger partial charge in [0.1, 0.15) is 5.75 Å². The van der Waals surface area contributed by atoms with Crippen molar-refractivity contribution in [3.8, 4) is 5.75 Å². The number of carbonyl (C=O) groups excluding carboxylic acids is 1. The van der Waals surface area contributed by atoms with E-state index in [1.165, 1.54) is 0 Å². The van der Waals surface area contributed by atoms with Gasteiger partial charge >= 0.3 is 0 Å². The molecule has 0 fully saturated rings. The summed E-state index contributed by atoms with van der Waals surface area (Å²) in [7, 11) is 0. The van der Waals surface area contributed by atoms with Gasteiger partial charge in [0.2, 0.25) is 0 Å². The van der Waals surface area contributed by atoms with Gasteiger partial charge in [-0.1, -0.05) is 12.1 Å². The molecule has 0 spiro atoms. The molecule has 0 heterocycles. The number of para-hydroxylation sites is 1. The summed E-state index contributed by atoms with van der Waals surface area (Å²) in [6.07, 6.45) is 0. The lowest BCUT2D eigenvalue weighted by Crippen LogP contribution is -2.38. The summed E-state index contributed by atoms with van der Waals surface area (Å²) in [5.74, 6) is 1.03. The Morgan fingerprint density at radius 2 is 2.06 bits per heavy atom. The molecule has 0 bridgehead atoms. The Labute approximate surface area is 114 Å². The van der Waals surface area contributed by atoms with Crippen LogP contribution in [0.3, 0.4) is 0 Å². The predicted molar refractivity (Wildman–Crippen MR) is 74.5 cm³/mol. The van der Waals surface area contributed by atoms with Crippen molar-refractivity contribution in [2.45, 2.75) is 26.8 Å². The van der Waals surface area contributed by atoms with E-state index in [1.54, 1.807) is 11.0 Å². The van der Waals surface area contributed by atoms with Gasteiger partial charge in [-0.05, 0) is 32.9 Å². The average Bonchev–Trinajstić information content (AvgIpc) is 2.36. The van der Waals surface area contributed by atoms with Gasteiger partial charge in [-0.25, -0.2) is 0 Å². The van der Waals surface area contributed by atoms with Crippen molar-refractivity contribution in [2.75, 3.05) is 19.0 Å². The monoisotopic (exact) mass is 269 g/mol. The number of hydrogen-bond donors (Lipinski definition) is 0. The molecule has 0 unspecified atom stereocenters. The van der Waals surface area contributed by atoms with E-state index < -0.39 is 0 Å². The van der Waals surface area contributed by atoms with E-state index in [-0.39, 0.29) is 11.9 Å². The van der Waals surface area contributed by atoms with E-state index in [1.807, 2.05) is 39.0 Å². The molecule has 0 saturated heterocycles. The summed E-state index contributed by atoms with van der Waals surface area (Å²) in [5.41, 5.74) is 0.596. The topological polar surface area (TPSA) is 29.5 Å². The summed E-state index contributed by atoms with van der Waals surface area (Å²) in [4.78, 5) is 14.2. The number of halogens is 1. The molecule has 1 amide bonds. The van der Waals surface area contributed by atoms with Crippen LogP contribution in [0.5, 0.6) is 5.75 Å². The summed E-state index contributed by atoms with van der Waals surface area (Å²) >= 11 is 5.75. The predicted octanol–water partition coefficient (Wildman–Crippen LogP) is 3.17. The van der Waals surface area contributed by atoms with Crippen LogP contribution in [0.15, 0.2) is 24.3 Å². The Morgan fingerprint density at radius 1 is 1.39 bits per heavy atom. The molecule has 0 radical (unpaired) electrons. The first-order chi connectivity index (χ1) is 8.61. The number of alkyl halides is 1. The molecule has 0 saturated carbocycles. The zero-order chi connectivity index (χ0) is 13.5. The Kier molecular flexibility index (Phi) is 5.99. The van der Waals surface area contributed by atoms with Crippen LogP contribution in [0.4, 0.5) is 0 Å². The third-order valence-electron chi connectivity index (χ3n) is 2.63. The van der Waals surface area contributed by atoms with Crippen LogP contribution >= 0.6 is 11.6 Å². The fourth-order valence-corrected chi connectivity index (χ4v) is 1.95. The molecule has 1 aromatic rings. The molecule has 4 heteroatoms. The standard InChI is InChI=1S/C14H20ClNO2/c1-4-18-13-8-6-5-7-12(13)14(17)16(10-9-15)11(2)3/h5-8,11H,4,9-10H2,1-3H3. The fraction of sp³-hybridized carbons (Fsp3) is 0.500. The summed E-state index contributed by atoms with van der Waals surface area (Å²) < 4.78 is 5.49. The zero-order valence-corrected chi connectivity index (χ0v) is 11.9. The van der Waals surface area contributed by atoms with E-state index in [0.29, 0.717) is 30.3 Å². The van der Waals surface area contributed by atoms with Crippen molar-refractivity contribution in [1.82, 2.24) is 4.90 Å². The third kappa shape index (κ3) is 3.64. The highest BCUT2D eigenvalue weighted by Gasteiger charge is 2.21. The molecular formula is C14H20ClNO2. The number of benzene rings is 1. The Hall–Kier alpha value is -1.22. The van der Waals surface area contributed by atoms with Gasteiger partial charge < -0.3 is 9.64 Å². The molecule has 0 atom stereocenters. The normalized spacial score (nSPS) is 10.5. The van der Waals surface area contributed by atoms with Crippen LogP contribution in [-0.2, 0) is 0 Å². The van der Waals surface area contributed by atoms with Gasteiger partial charge in [-0.15, -0.1) is 11.6 Å². The molecule has 0 N–H and O–H groups in total. The van der Waals surface area contributed by atoms with Crippen molar-refractivity contribution < 1.29 is 9.53 Å². The second kappa shape index (κ2) is 7.27. The van der Waals surface area contributed by atoms with Gasteiger partial charge in [-0.2, -0.15) is 0 Å². The number of amides is 1. The second-order valence-corrected chi connectivity index (χ2v) is 4.59. The molecule has 0 aliphatic rings. The van der Waals surface area contributed by atoms with Gasteiger partial charge in [0.05, 0.1) is 12.2 Å². The molecule has 0 aliphatic carbocycles. The zero-order valence-electron chi connectivity index (χ0n) is 11.1. The van der Waals surface area contributed by atoms with E-state index in [0.717, 1.165) is 0 Å². The summed E-state index contributed by atoms with van der Waals surface area (Å²) in [5, 5.41) is 0. The van der Waals surface area contributed by atoms with Crippen molar-refractivity contribution >= 4 is 17.5 Å². The van der Waals surface area contributed by atoms with Crippen LogP contribution in [0, 0.1) is 0 Å². The minimum atomic E-state index is -0.0327. The summed E-state index contributed by atoms with van der Waals surface area (Å²) in [6, 6.07) is 7.43. The second-order valence-electron chi connectivity index (χ2n) is 4.21. The Bertz CT molecular complexity index is 393. The largest absolute Gasteiger partial charge is 0.493 e. The van der Waals surface area contributed by atoms with E-state index in [2.05, 4.69) is 0 Å². The fourth-order valence-electron chi connectivity index (χ4n) is 1.76.